The molecule has 0 atom stereocenters. The summed E-state index contributed by atoms with van der Waals surface area (Å²) in [5, 5.41) is 12.0. The first kappa shape index (κ1) is 13.9. The van der Waals surface area contributed by atoms with Crippen LogP contribution in [0.4, 0.5) is 0 Å². The van der Waals surface area contributed by atoms with Crippen LogP contribution in [0.25, 0.3) is 0 Å². The molecule has 1 aliphatic carbocycles. The van der Waals surface area contributed by atoms with Crippen LogP contribution in [0.15, 0.2) is 30.3 Å². The second-order valence-corrected chi connectivity index (χ2v) is 5.06. The monoisotopic (exact) mass is 263 g/mol. The lowest BCUT2D eigenvalue weighted by Crippen LogP contribution is -2.38. The van der Waals surface area contributed by atoms with Crippen LogP contribution in [0.1, 0.15) is 25.7 Å². The fraction of sp³-hybridized carbons (Fsp3) is 0.533. The highest BCUT2D eigenvalue weighted by molar-refractivity contribution is 5.75. The quantitative estimate of drug-likeness (QED) is 0.737. The van der Waals surface area contributed by atoms with E-state index in [9.17, 15) is 4.79 Å². The topological polar surface area (TPSA) is 58.6 Å². The Kier molecular flexibility index (Phi) is 5.21. The summed E-state index contributed by atoms with van der Waals surface area (Å²) in [4.78, 5) is 11.6. The fourth-order valence-electron chi connectivity index (χ4n) is 2.15. The molecule has 2 rings (SSSR count). The summed E-state index contributed by atoms with van der Waals surface area (Å²) in [6, 6.07) is 9.60. The number of para-hydroxylation sites is 1. The zero-order chi connectivity index (χ0) is 13.5. The molecule has 1 amide bonds. The van der Waals surface area contributed by atoms with E-state index in [1.807, 2.05) is 30.3 Å². The lowest BCUT2D eigenvalue weighted by Gasteiger charge is -2.31. The van der Waals surface area contributed by atoms with Crippen molar-refractivity contribution in [3.05, 3.63) is 30.3 Å². The fourth-order valence-corrected chi connectivity index (χ4v) is 2.15. The van der Waals surface area contributed by atoms with Crippen molar-refractivity contribution < 1.29 is 14.6 Å². The highest BCUT2D eigenvalue weighted by Crippen LogP contribution is 2.26. The Labute approximate surface area is 113 Å². The number of benzene rings is 1. The molecule has 4 heteroatoms. The lowest BCUT2D eigenvalue weighted by atomic mass is 9.82. The Morgan fingerprint density at radius 3 is 2.74 bits per heavy atom. The maximum atomic E-state index is 11.6. The third kappa shape index (κ3) is 4.91. The summed E-state index contributed by atoms with van der Waals surface area (Å²) in [5.74, 6) is 1.36. The van der Waals surface area contributed by atoms with Crippen LogP contribution < -0.4 is 10.1 Å². The van der Waals surface area contributed by atoms with E-state index < -0.39 is 0 Å². The van der Waals surface area contributed by atoms with E-state index in [0.717, 1.165) is 18.6 Å². The summed E-state index contributed by atoms with van der Waals surface area (Å²) in [5.41, 5.74) is 0. The largest absolute Gasteiger partial charge is 0.494 e. The highest BCUT2D eigenvalue weighted by atomic mass is 16.5. The second-order valence-electron chi connectivity index (χ2n) is 5.06. The van der Waals surface area contributed by atoms with Gasteiger partial charge in [-0.15, -0.1) is 0 Å². The first-order valence-electron chi connectivity index (χ1n) is 6.86. The van der Waals surface area contributed by atoms with Gasteiger partial charge in [-0.3, -0.25) is 4.79 Å². The summed E-state index contributed by atoms with van der Waals surface area (Å²) in [7, 11) is 0. The smallest absolute Gasteiger partial charge is 0.220 e. The van der Waals surface area contributed by atoms with Gasteiger partial charge < -0.3 is 15.2 Å². The third-order valence-electron chi connectivity index (χ3n) is 3.36. The Bertz CT molecular complexity index is 388. The van der Waals surface area contributed by atoms with Gasteiger partial charge in [0, 0.05) is 13.0 Å². The number of nitrogens with one attached hydrogen (secondary N) is 1. The molecule has 2 N–H and O–H groups in total. The first-order chi connectivity index (χ1) is 9.24. The molecule has 0 spiro atoms. The molecule has 0 aliphatic heterocycles. The van der Waals surface area contributed by atoms with Gasteiger partial charge in [0.05, 0.1) is 12.7 Å². The summed E-state index contributed by atoms with van der Waals surface area (Å²) < 4.78 is 5.52. The average molecular weight is 263 g/mol. The maximum Gasteiger partial charge on any atom is 0.220 e. The van der Waals surface area contributed by atoms with Crippen LogP contribution in [0.5, 0.6) is 5.75 Å². The number of amides is 1. The molecule has 0 bridgehead atoms. The van der Waals surface area contributed by atoms with Gasteiger partial charge in [-0.1, -0.05) is 18.2 Å². The normalized spacial score (nSPS) is 21.5. The van der Waals surface area contributed by atoms with Gasteiger partial charge in [0.1, 0.15) is 5.75 Å². The van der Waals surface area contributed by atoms with Crippen molar-refractivity contribution in [3.8, 4) is 5.75 Å². The second kappa shape index (κ2) is 7.14. The molecule has 104 valence electrons. The Balaban J connectivity index is 1.50. The molecule has 1 aliphatic rings. The van der Waals surface area contributed by atoms with Crippen LogP contribution in [0.2, 0.25) is 0 Å². The van der Waals surface area contributed by atoms with Gasteiger partial charge in [-0.05, 0) is 37.3 Å². The van der Waals surface area contributed by atoms with Crippen molar-refractivity contribution in [1.82, 2.24) is 5.32 Å². The standard InChI is InChI=1S/C15H21NO3/c17-13-9-12(10-13)11-16-15(18)7-4-8-19-14-5-2-1-3-6-14/h1-3,5-6,12-13,17H,4,7-11H2,(H,16,18). The van der Waals surface area contributed by atoms with Crippen molar-refractivity contribution in [1.29, 1.82) is 0 Å². The van der Waals surface area contributed by atoms with E-state index in [-0.39, 0.29) is 12.0 Å². The molecule has 4 nitrogen and oxygen atoms in total. The Hall–Kier alpha value is -1.55. The van der Waals surface area contributed by atoms with E-state index in [1.165, 1.54) is 0 Å². The number of hydrogen-bond acceptors (Lipinski definition) is 3. The predicted octanol–water partition coefficient (Wildman–Crippen LogP) is 1.73. The van der Waals surface area contributed by atoms with Crippen molar-refractivity contribution >= 4 is 5.91 Å². The van der Waals surface area contributed by atoms with Crippen LogP contribution in [0.3, 0.4) is 0 Å². The van der Waals surface area contributed by atoms with Gasteiger partial charge in [0.25, 0.3) is 0 Å². The van der Waals surface area contributed by atoms with E-state index >= 15 is 0 Å². The number of ether oxygens (including phenoxy) is 1. The maximum absolute atomic E-state index is 11.6. The number of aliphatic hydroxyl groups excluding tert-OH is 1. The van der Waals surface area contributed by atoms with Crippen molar-refractivity contribution in [2.75, 3.05) is 13.2 Å². The zero-order valence-electron chi connectivity index (χ0n) is 11.0. The van der Waals surface area contributed by atoms with E-state index in [1.54, 1.807) is 0 Å². The SMILES string of the molecule is O=C(CCCOc1ccccc1)NCC1CC(O)C1. The number of carbonyl (C=O) groups is 1. The Morgan fingerprint density at radius 2 is 2.05 bits per heavy atom. The van der Waals surface area contributed by atoms with Crippen LogP contribution in [-0.2, 0) is 4.79 Å². The van der Waals surface area contributed by atoms with Gasteiger partial charge in [-0.25, -0.2) is 0 Å². The number of rotatable bonds is 7. The number of carbonyl (C=O) groups excluding carboxylic acids is 1. The minimum Gasteiger partial charge on any atom is -0.494 e. The molecule has 1 aromatic rings. The molecule has 0 unspecified atom stereocenters. The van der Waals surface area contributed by atoms with Crippen LogP contribution >= 0.6 is 0 Å². The zero-order valence-corrected chi connectivity index (χ0v) is 11.0. The highest BCUT2D eigenvalue weighted by Gasteiger charge is 2.26. The molecule has 0 heterocycles. The number of hydrogen-bond donors (Lipinski definition) is 2. The van der Waals surface area contributed by atoms with Crippen LogP contribution in [0, 0.1) is 5.92 Å². The first-order valence-corrected chi connectivity index (χ1v) is 6.86. The molecule has 1 aromatic carbocycles. The van der Waals surface area contributed by atoms with Crippen LogP contribution in [-0.4, -0.2) is 30.3 Å². The van der Waals surface area contributed by atoms with Crippen molar-refractivity contribution in [2.45, 2.75) is 31.8 Å². The predicted molar refractivity (Wildman–Crippen MR) is 72.9 cm³/mol. The lowest BCUT2D eigenvalue weighted by molar-refractivity contribution is -0.121. The molecular formula is C15H21NO3. The summed E-state index contributed by atoms with van der Waals surface area (Å²) in [6.07, 6.45) is 2.69. The molecule has 0 saturated heterocycles. The van der Waals surface area contributed by atoms with E-state index in [0.29, 0.717) is 31.9 Å². The summed E-state index contributed by atoms with van der Waals surface area (Å²) >= 11 is 0. The molecule has 19 heavy (non-hydrogen) atoms. The minimum atomic E-state index is -0.152. The molecule has 0 aromatic heterocycles. The minimum absolute atomic E-state index is 0.0676. The molecule has 1 saturated carbocycles. The molecular weight excluding hydrogens is 242 g/mol. The third-order valence-corrected chi connectivity index (χ3v) is 3.36. The van der Waals surface area contributed by atoms with Gasteiger partial charge >= 0.3 is 0 Å². The Morgan fingerprint density at radius 1 is 1.32 bits per heavy atom. The van der Waals surface area contributed by atoms with Gasteiger partial charge in [-0.2, -0.15) is 0 Å². The summed E-state index contributed by atoms with van der Waals surface area (Å²) in [6.45, 7) is 1.25. The van der Waals surface area contributed by atoms with Crippen molar-refractivity contribution in [2.24, 2.45) is 5.92 Å². The average Bonchev–Trinajstić information content (AvgIpc) is 2.40. The number of aliphatic hydroxyl groups is 1. The van der Waals surface area contributed by atoms with E-state index in [4.69, 9.17) is 9.84 Å². The van der Waals surface area contributed by atoms with E-state index in [2.05, 4.69) is 5.32 Å². The van der Waals surface area contributed by atoms with Crippen molar-refractivity contribution in [3.63, 3.8) is 0 Å². The molecule has 0 radical (unpaired) electrons. The molecule has 1 fully saturated rings. The van der Waals surface area contributed by atoms with Gasteiger partial charge in [0.15, 0.2) is 0 Å². The van der Waals surface area contributed by atoms with Gasteiger partial charge in [0.2, 0.25) is 5.91 Å².